The molecule has 10 heteroatoms. The van der Waals surface area contributed by atoms with Crippen LogP contribution < -0.4 is 10.6 Å². The molecule has 2 amide bonds. The Morgan fingerprint density at radius 1 is 1.14 bits per heavy atom. The highest BCUT2D eigenvalue weighted by Gasteiger charge is 2.56. The lowest BCUT2D eigenvalue weighted by atomic mass is 9.85. The van der Waals surface area contributed by atoms with Gasteiger partial charge in [0.1, 0.15) is 15.6 Å². The number of fused-ring (bicyclic) bond motifs is 1. The molecule has 6 rings (SSSR count). The third-order valence-corrected chi connectivity index (χ3v) is 8.88. The Balaban J connectivity index is 0.000000301. The predicted octanol–water partition coefficient (Wildman–Crippen LogP) is 5.27. The lowest BCUT2D eigenvalue weighted by Gasteiger charge is -2.45. The van der Waals surface area contributed by atoms with E-state index in [1.165, 1.54) is 6.42 Å². The van der Waals surface area contributed by atoms with Crippen LogP contribution in [0.3, 0.4) is 0 Å². The summed E-state index contributed by atoms with van der Waals surface area (Å²) in [6.07, 6.45) is 12.6. The van der Waals surface area contributed by atoms with Gasteiger partial charge in [0.15, 0.2) is 0 Å². The van der Waals surface area contributed by atoms with Crippen molar-refractivity contribution in [2.45, 2.75) is 62.4 Å². The molecule has 1 unspecified atom stereocenters. The Bertz CT molecular complexity index is 1290. The van der Waals surface area contributed by atoms with E-state index in [2.05, 4.69) is 45.7 Å². The molecule has 3 aromatic rings. The van der Waals surface area contributed by atoms with E-state index in [4.69, 9.17) is 4.98 Å². The number of amides is 2. The molecule has 0 bridgehead atoms. The molecular formula is C27H32N6O2S2. The monoisotopic (exact) mass is 536 g/mol. The normalized spacial score (nSPS) is 20.8. The van der Waals surface area contributed by atoms with Crippen LogP contribution in [0, 0.1) is 6.92 Å². The number of carbonyl (C=O) groups is 2. The summed E-state index contributed by atoms with van der Waals surface area (Å²) >= 11 is 3.29. The zero-order valence-electron chi connectivity index (χ0n) is 21.2. The molecule has 2 N–H and O–H groups in total. The zero-order valence-corrected chi connectivity index (χ0v) is 22.9. The molecule has 3 fully saturated rings. The molecule has 3 aliphatic heterocycles. The number of thiazole rings is 1. The Kier molecular flexibility index (Phi) is 7.76. The minimum Gasteiger partial charge on any atom is -0.356 e. The number of hydrogen-bond acceptors (Lipinski definition) is 8. The number of aryl methyl sites for hydroxylation is 1. The number of aromatic nitrogens is 3. The number of β-lactam (4-membered cyclic amide) rings is 1. The number of benzene rings is 1. The first-order chi connectivity index (χ1) is 18.0. The zero-order chi connectivity index (χ0) is 25.8. The van der Waals surface area contributed by atoms with Gasteiger partial charge in [-0.2, -0.15) is 0 Å². The molecule has 37 heavy (non-hydrogen) atoms. The number of hydrogen-bond donors (Lipinski definition) is 2. The van der Waals surface area contributed by atoms with Crippen molar-refractivity contribution in [1.82, 2.24) is 25.2 Å². The number of thioether (sulfide) groups is 1. The molecule has 0 radical (unpaired) electrons. The third kappa shape index (κ3) is 5.65. The van der Waals surface area contributed by atoms with Gasteiger partial charge in [0.25, 0.3) is 0 Å². The summed E-state index contributed by atoms with van der Waals surface area (Å²) in [6, 6.07) is 8.25. The summed E-state index contributed by atoms with van der Waals surface area (Å²) in [5.41, 5.74) is 3.08. The van der Waals surface area contributed by atoms with Crippen molar-refractivity contribution in [2.24, 2.45) is 0 Å². The Morgan fingerprint density at radius 3 is 2.86 bits per heavy atom. The summed E-state index contributed by atoms with van der Waals surface area (Å²) in [4.78, 5) is 39.2. The third-order valence-electron chi connectivity index (χ3n) is 7.00. The number of anilines is 2. The molecule has 0 aliphatic carbocycles. The van der Waals surface area contributed by atoms with Gasteiger partial charge >= 0.3 is 0 Å². The average molecular weight is 537 g/mol. The summed E-state index contributed by atoms with van der Waals surface area (Å²) in [6.45, 7) is 3.83. The number of nitrogens with zero attached hydrogens (tertiary/aromatic N) is 4. The molecule has 2 aromatic heterocycles. The maximum absolute atomic E-state index is 12.0. The van der Waals surface area contributed by atoms with Gasteiger partial charge in [-0.1, -0.05) is 12.5 Å². The fraction of sp³-hybridized carbons (Fsp3) is 0.444. The van der Waals surface area contributed by atoms with Crippen molar-refractivity contribution in [2.75, 3.05) is 24.7 Å². The van der Waals surface area contributed by atoms with Crippen molar-refractivity contribution >= 4 is 46.5 Å². The van der Waals surface area contributed by atoms with Gasteiger partial charge in [0.05, 0.1) is 11.3 Å². The second-order valence-corrected chi connectivity index (χ2v) is 11.5. The fourth-order valence-corrected chi connectivity index (χ4v) is 6.65. The smallest absolute Gasteiger partial charge is 0.228 e. The largest absolute Gasteiger partial charge is 0.356 e. The second kappa shape index (κ2) is 11.2. The Hall–Kier alpha value is -2.98. The van der Waals surface area contributed by atoms with Crippen LogP contribution in [-0.2, 0) is 15.1 Å². The summed E-state index contributed by atoms with van der Waals surface area (Å²) in [7, 11) is 0. The lowest BCUT2D eigenvalue weighted by molar-refractivity contribution is -0.153. The molecule has 0 saturated carbocycles. The van der Waals surface area contributed by atoms with Gasteiger partial charge < -0.3 is 15.5 Å². The van der Waals surface area contributed by atoms with Crippen LogP contribution in [0.25, 0.3) is 10.4 Å². The van der Waals surface area contributed by atoms with Gasteiger partial charge in [0.2, 0.25) is 17.8 Å². The molecule has 8 nitrogen and oxygen atoms in total. The van der Waals surface area contributed by atoms with E-state index in [0.29, 0.717) is 12.4 Å². The molecule has 1 aromatic carbocycles. The van der Waals surface area contributed by atoms with Crippen molar-refractivity contribution < 1.29 is 9.59 Å². The van der Waals surface area contributed by atoms with E-state index in [0.717, 1.165) is 76.9 Å². The van der Waals surface area contributed by atoms with Gasteiger partial charge in [-0.15, -0.1) is 23.1 Å². The van der Waals surface area contributed by atoms with Gasteiger partial charge in [-0.05, 0) is 68.2 Å². The lowest BCUT2D eigenvalue weighted by Crippen LogP contribution is -2.57. The SMILES string of the molecule is CSc1ccnc(Nc2cc(C)cc(-c3cnc(C45CCCN4C(=O)C5)s3)c2)n1.O=C1CCCCCN1. The van der Waals surface area contributed by atoms with Gasteiger partial charge in [-0.25, -0.2) is 15.0 Å². The predicted molar refractivity (Wildman–Crippen MR) is 148 cm³/mol. The molecule has 0 spiro atoms. The molecule has 5 heterocycles. The minimum absolute atomic E-state index is 0.142. The highest BCUT2D eigenvalue weighted by atomic mass is 32.2. The molecule has 3 saturated heterocycles. The van der Waals surface area contributed by atoms with E-state index >= 15 is 0 Å². The van der Waals surface area contributed by atoms with E-state index in [-0.39, 0.29) is 17.4 Å². The highest BCUT2D eigenvalue weighted by molar-refractivity contribution is 7.98. The standard InChI is InChI=1S/C21H21N5OS2.C6H11NO/c1-13-8-14(10-15(9-13)24-20-22-6-4-17(25-20)28-2)16-12-23-19(29-16)21-5-3-7-26(21)18(27)11-21;8-6-4-2-1-3-5-7-6/h4,6,8-10,12H,3,5,7,11H2,1-2H3,(H,22,24,25);1-5H2,(H,7,8). The van der Waals surface area contributed by atoms with Crippen LogP contribution in [0.4, 0.5) is 11.6 Å². The van der Waals surface area contributed by atoms with Crippen molar-refractivity contribution in [1.29, 1.82) is 0 Å². The summed E-state index contributed by atoms with van der Waals surface area (Å²) in [5.74, 6) is 1.07. The van der Waals surface area contributed by atoms with Crippen LogP contribution in [0.15, 0.2) is 41.7 Å². The quantitative estimate of drug-likeness (QED) is 0.260. The van der Waals surface area contributed by atoms with Gasteiger partial charge in [0, 0.05) is 37.6 Å². The first kappa shape index (κ1) is 25.7. The Labute approximate surface area is 225 Å². The minimum atomic E-state index is -0.142. The highest BCUT2D eigenvalue weighted by Crippen LogP contribution is 2.51. The average Bonchev–Trinajstić information content (AvgIpc) is 3.44. The maximum atomic E-state index is 12.0. The molecule has 194 valence electrons. The van der Waals surface area contributed by atoms with Gasteiger partial charge in [-0.3, -0.25) is 9.59 Å². The maximum Gasteiger partial charge on any atom is 0.228 e. The van der Waals surface area contributed by atoms with E-state index in [1.54, 1.807) is 29.3 Å². The first-order valence-electron chi connectivity index (χ1n) is 12.8. The van der Waals surface area contributed by atoms with E-state index < -0.39 is 0 Å². The second-order valence-electron chi connectivity index (χ2n) is 9.68. The number of nitrogens with one attached hydrogen (secondary N) is 2. The molecule has 1 atom stereocenters. The van der Waals surface area contributed by atoms with Crippen LogP contribution in [0.2, 0.25) is 0 Å². The van der Waals surface area contributed by atoms with Crippen LogP contribution in [0.1, 0.15) is 55.5 Å². The molecule has 3 aliphatic rings. The van der Waals surface area contributed by atoms with Crippen molar-refractivity contribution in [3.8, 4) is 10.4 Å². The van der Waals surface area contributed by atoms with Crippen LogP contribution in [0.5, 0.6) is 0 Å². The first-order valence-corrected chi connectivity index (χ1v) is 14.8. The topological polar surface area (TPSA) is 100 Å². The Morgan fingerprint density at radius 2 is 2.03 bits per heavy atom. The molecular weight excluding hydrogens is 504 g/mol. The summed E-state index contributed by atoms with van der Waals surface area (Å²) in [5, 5.41) is 8.12. The van der Waals surface area contributed by atoms with Crippen LogP contribution in [-0.4, -0.2) is 51.0 Å². The number of rotatable bonds is 5. The van der Waals surface area contributed by atoms with Crippen molar-refractivity contribution in [3.05, 3.63) is 47.2 Å². The summed E-state index contributed by atoms with van der Waals surface area (Å²) < 4.78 is 0. The van der Waals surface area contributed by atoms with Crippen molar-refractivity contribution in [3.63, 3.8) is 0 Å². The fourth-order valence-electron chi connectivity index (χ4n) is 5.15. The van der Waals surface area contributed by atoms with E-state index in [9.17, 15) is 9.59 Å². The number of carbonyl (C=O) groups excluding carboxylic acids is 2. The van der Waals surface area contributed by atoms with E-state index in [1.807, 2.05) is 23.4 Å². The van der Waals surface area contributed by atoms with Crippen LogP contribution >= 0.6 is 23.1 Å².